The molecule has 98 valence electrons. The highest BCUT2D eigenvalue weighted by Crippen LogP contribution is 2.14. The maximum atomic E-state index is 11.9. The van der Waals surface area contributed by atoms with E-state index in [1.165, 1.54) is 17.7 Å². The lowest BCUT2D eigenvalue weighted by molar-refractivity contribution is 0.0600. The highest BCUT2D eigenvalue weighted by molar-refractivity contribution is 5.89. The lowest BCUT2D eigenvalue weighted by Crippen LogP contribution is -2.19. The summed E-state index contributed by atoms with van der Waals surface area (Å²) in [5.74, 6) is -0.547. The number of hydrogen-bond donors (Lipinski definition) is 1. The van der Waals surface area contributed by atoms with Gasteiger partial charge in [0.1, 0.15) is 5.75 Å². The van der Waals surface area contributed by atoms with Crippen LogP contribution in [0.1, 0.15) is 16.1 Å². The molecular weight excluding hydrogens is 246 g/mol. The van der Waals surface area contributed by atoms with E-state index in [-0.39, 0.29) is 11.3 Å². The molecular formula is C14H13NO4. The molecule has 0 aliphatic heterocycles. The summed E-state index contributed by atoms with van der Waals surface area (Å²) in [7, 11) is 1.30. The van der Waals surface area contributed by atoms with E-state index in [0.29, 0.717) is 16.9 Å². The second kappa shape index (κ2) is 4.97. The summed E-state index contributed by atoms with van der Waals surface area (Å²) in [6, 6.07) is 9.15. The molecule has 2 aromatic rings. The first kappa shape index (κ1) is 12.9. The summed E-state index contributed by atoms with van der Waals surface area (Å²) >= 11 is 0. The van der Waals surface area contributed by atoms with Crippen LogP contribution < -0.4 is 5.56 Å². The van der Waals surface area contributed by atoms with Gasteiger partial charge < -0.3 is 9.84 Å². The summed E-state index contributed by atoms with van der Waals surface area (Å²) in [4.78, 5) is 23.4. The van der Waals surface area contributed by atoms with E-state index in [9.17, 15) is 14.7 Å². The number of ether oxygens (including phenoxy) is 1. The lowest BCUT2D eigenvalue weighted by Gasteiger charge is -2.11. The summed E-state index contributed by atoms with van der Waals surface area (Å²) in [5.41, 5.74) is 1.12. The highest BCUT2D eigenvalue weighted by Gasteiger charge is 2.09. The number of hydrogen-bond acceptors (Lipinski definition) is 4. The third kappa shape index (κ3) is 2.49. The largest absolute Gasteiger partial charge is 0.508 e. The van der Waals surface area contributed by atoms with Gasteiger partial charge in [-0.25, -0.2) is 4.79 Å². The highest BCUT2D eigenvalue weighted by atomic mass is 16.5. The fourth-order valence-electron chi connectivity index (χ4n) is 1.91. The van der Waals surface area contributed by atoms with Crippen LogP contribution in [-0.2, 0) is 4.74 Å². The normalized spacial score (nSPS) is 10.2. The number of esters is 1. The van der Waals surface area contributed by atoms with E-state index in [4.69, 9.17) is 0 Å². The smallest absolute Gasteiger partial charge is 0.337 e. The van der Waals surface area contributed by atoms with Crippen molar-refractivity contribution in [2.45, 2.75) is 6.92 Å². The predicted octanol–water partition coefficient (Wildman–Crippen LogP) is 1.64. The molecule has 0 amide bonds. The summed E-state index contributed by atoms with van der Waals surface area (Å²) in [6.07, 6.45) is 0. The zero-order valence-electron chi connectivity index (χ0n) is 10.6. The van der Waals surface area contributed by atoms with Gasteiger partial charge in [-0.05, 0) is 31.2 Å². The Morgan fingerprint density at radius 1 is 1.26 bits per heavy atom. The number of rotatable bonds is 2. The maximum Gasteiger partial charge on any atom is 0.337 e. The molecule has 19 heavy (non-hydrogen) atoms. The van der Waals surface area contributed by atoms with Crippen LogP contribution in [0.4, 0.5) is 0 Å². The second-order valence-electron chi connectivity index (χ2n) is 4.07. The van der Waals surface area contributed by atoms with Crippen molar-refractivity contribution in [2.24, 2.45) is 0 Å². The van der Waals surface area contributed by atoms with Gasteiger partial charge in [-0.15, -0.1) is 0 Å². The van der Waals surface area contributed by atoms with Gasteiger partial charge >= 0.3 is 5.97 Å². The Morgan fingerprint density at radius 2 is 2.00 bits per heavy atom. The Kier molecular flexibility index (Phi) is 3.37. The van der Waals surface area contributed by atoms with E-state index in [0.717, 1.165) is 6.07 Å². The van der Waals surface area contributed by atoms with Gasteiger partial charge in [-0.3, -0.25) is 9.36 Å². The van der Waals surface area contributed by atoms with E-state index < -0.39 is 5.97 Å². The van der Waals surface area contributed by atoms with Crippen molar-refractivity contribution in [3.8, 4) is 11.4 Å². The molecule has 0 unspecified atom stereocenters. The lowest BCUT2D eigenvalue weighted by atomic mass is 10.2. The zero-order chi connectivity index (χ0) is 14.0. The summed E-state index contributed by atoms with van der Waals surface area (Å²) in [5, 5.41) is 9.36. The first-order valence-electron chi connectivity index (χ1n) is 5.64. The Morgan fingerprint density at radius 3 is 2.63 bits per heavy atom. The number of benzene rings is 1. The monoisotopic (exact) mass is 259 g/mol. The minimum Gasteiger partial charge on any atom is -0.508 e. The van der Waals surface area contributed by atoms with E-state index in [2.05, 4.69) is 4.74 Å². The average molecular weight is 259 g/mol. The van der Waals surface area contributed by atoms with Crippen LogP contribution in [0.2, 0.25) is 0 Å². The number of carbonyl (C=O) groups excluding carboxylic acids is 1. The van der Waals surface area contributed by atoms with E-state index in [1.807, 2.05) is 0 Å². The number of nitrogens with zero attached hydrogens (tertiary/aromatic N) is 1. The fraction of sp³-hybridized carbons (Fsp3) is 0.143. The molecule has 1 N–H and O–H groups in total. The maximum absolute atomic E-state index is 11.9. The van der Waals surface area contributed by atoms with Crippen LogP contribution in [0.3, 0.4) is 0 Å². The molecule has 0 bridgehead atoms. The molecule has 0 radical (unpaired) electrons. The van der Waals surface area contributed by atoms with Crippen LogP contribution in [0.25, 0.3) is 5.69 Å². The van der Waals surface area contributed by atoms with Crippen LogP contribution in [0.5, 0.6) is 5.75 Å². The topological polar surface area (TPSA) is 68.5 Å². The molecule has 0 spiro atoms. The molecule has 5 heteroatoms. The van der Waals surface area contributed by atoms with Gasteiger partial charge in [0.15, 0.2) is 0 Å². The molecule has 1 aromatic heterocycles. The summed E-state index contributed by atoms with van der Waals surface area (Å²) in [6.45, 7) is 1.70. The van der Waals surface area contributed by atoms with Gasteiger partial charge in [0.05, 0.1) is 12.7 Å². The van der Waals surface area contributed by atoms with Crippen molar-refractivity contribution >= 4 is 5.97 Å². The second-order valence-corrected chi connectivity index (χ2v) is 4.07. The van der Waals surface area contributed by atoms with Gasteiger partial charge in [0, 0.05) is 17.4 Å². The van der Waals surface area contributed by atoms with Crippen molar-refractivity contribution in [1.29, 1.82) is 0 Å². The zero-order valence-corrected chi connectivity index (χ0v) is 10.6. The summed E-state index contributed by atoms with van der Waals surface area (Å²) < 4.78 is 6.05. The van der Waals surface area contributed by atoms with Crippen molar-refractivity contribution in [3.63, 3.8) is 0 Å². The Bertz CT molecular complexity index is 688. The Hall–Kier alpha value is -2.56. The fourth-order valence-corrected chi connectivity index (χ4v) is 1.91. The third-order valence-corrected chi connectivity index (χ3v) is 2.73. The number of pyridine rings is 1. The molecule has 1 heterocycles. The average Bonchev–Trinajstić information content (AvgIpc) is 2.37. The van der Waals surface area contributed by atoms with E-state index in [1.54, 1.807) is 31.2 Å². The Balaban J connectivity index is 2.60. The van der Waals surface area contributed by atoms with Crippen molar-refractivity contribution in [3.05, 3.63) is 58.0 Å². The number of carbonyl (C=O) groups is 1. The molecule has 0 saturated heterocycles. The van der Waals surface area contributed by atoms with Gasteiger partial charge in [0.25, 0.3) is 5.56 Å². The molecule has 0 aliphatic carbocycles. The molecule has 0 aliphatic rings. The van der Waals surface area contributed by atoms with Crippen molar-refractivity contribution in [2.75, 3.05) is 7.11 Å². The third-order valence-electron chi connectivity index (χ3n) is 2.73. The van der Waals surface area contributed by atoms with Crippen LogP contribution >= 0.6 is 0 Å². The minimum absolute atomic E-state index is 0.0807. The minimum atomic E-state index is -0.466. The van der Waals surface area contributed by atoms with Crippen molar-refractivity contribution < 1.29 is 14.6 Å². The molecule has 2 rings (SSSR count). The molecule has 0 fully saturated rings. The molecule has 0 saturated carbocycles. The first-order chi connectivity index (χ1) is 9.02. The van der Waals surface area contributed by atoms with Crippen LogP contribution in [-0.4, -0.2) is 22.8 Å². The van der Waals surface area contributed by atoms with Gasteiger partial charge in [-0.2, -0.15) is 0 Å². The first-order valence-corrected chi connectivity index (χ1v) is 5.64. The van der Waals surface area contributed by atoms with Gasteiger partial charge in [-0.1, -0.05) is 6.07 Å². The molecule has 0 atom stereocenters. The van der Waals surface area contributed by atoms with Crippen molar-refractivity contribution in [1.82, 2.24) is 4.57 Å². The SMILES string of the molecule is COC(=O)c1cccc(-n2c(C)cc(O)cc2=O)c1. The Labute approximate surface area is 109 Å². The van der Waals surface area contributed by atoms with Gasteiger partial charge in [0.2, 0.25) is 0 Å². The molecule has 5 nitrogen and oxygen atoms in total. The number of aryl methyl sites for hydroxylation is 1. The van der Waals surface area contributed by atoms with E-state index >= 15 is 0 Å². The quantitative estimate of drug-likeness (QED) is 0.832. The number of aromatic nitrogens is 1. The standard InChI is InChI=1S/C14H13NO4/c1-9-6-12(16)8-13(17)15(9)11-5-3-4-10(7-11)14(18)19-2/h3-8,16H,1-2H3. The predicted molar refractivity (Wildman–Crippen MR) is 69.8 cm³/mol. The number of methoxy groups -OCH3 is 1. The number of aromatic hydroxyl groups is 1. The van der Waals surface area contributed by atoms with Crippen LogP contribution in [0.15, 0.2) is 41.2 Å². The molecule has 1 aromatic carbocycles. The van der Waals surface area contributed by atoms with Crippen LogP contribution in [0, 0.1) is 6.92 Å².